The van der Waals surface area contributed by atoms with E-state index in [9.17, 15) is 0 Å². The van der Waals surface area contributed by atoms with E-state index in [4.69, 9.17) is 4.74 Å². The Hall–Kier alpha value is -5.57. The molecule has 10 rings (SSSR count). The molecule has 8 aromatic rings. The fourth-order valence-corrected chi connectivity index (χ4v) is 9.24. The smallest absolute Gasteiger partial charge is 0.142 e. The lowest BCUT2D eigenvalue weighted by molar-refractivity contribution is 0.455. The maximum atomic E-state index is 6.72. The summed E-state index contributed by atoms with van der Waals surface area (Å²) in [6.07, 6.45) is 0. The Morgan fingerprint density at radius 1 is 0.458 bits per heavy atom. The molecule has 0 radical (unpaired) electrons. The largest absolute Gasteiger partial charge is 0.455 e. The van der Waals surface area contributed by atoms with Crippen molar-refractivity contribution in [2.24, 2.45) is 0 Å². The van der Waals surface area contributed by atoms with Crippen LogP contribution in [-0.4, -0.2) is 0 Å². The van der Waals surface area contributed by atoms with E-state index in [1.807, 2.05) is 11.8 Å². The third kappa shape index (κ3) is 4.00. The lowest BCUT2D eigenvalue weighted by Gasteiger charge is -2.29. The molecule has 1 heterocycles. The Labute approximate surface area is 284 Å². The summed E-state index contributed by atoms with van der Waals surface area (Å²) in [5, 5.41) is 5.00. The summed E-state index contributed by atoms with van der Waals surface area (Å²) in [6.45, 7) is 2.37. The molecule has 0 bridgehead atoms. The molecular weight excluding hydrogens is 601 g/mol. The minimum absolute atomic E-state index is 0.244. The molecule has 1 aliphatic heterocycles. The molecule has 0 fully saturated rings. The van der Waals surface area contributed by atoms with E-state index in [2.05, 4.69) is 171 Å². The van der Waals surface area contributed by atoms with Gasteiger partial charge in [-0.25, -0.2) is 0 Å². The molecule has 2 aliphatic rings. The van der Waals surface area contributed by atoms with Crippen molar-refractivity contribution < 1.29 is 4.74 Å². The summed E-state index contributed by atoms with van der Waals surface area (Å²) < 4.78 is 6.72. The van der Waals surface area contributed by atoms with Crippen LogP contribution < -0.4 is 4.74 Å². The van der Waals surface area contributed by atoms with Gasteiger partial charge in [-0.15, -0.1) is 0 Å². The van der Waals surface area contributed by atoms with Gasteiger partial charge in [-0.3, -0.25) is 0 Å². The number of hydrogen-bond acceptors (Lipinski definition) is 2. The molecule has 0 saturated heterocycles. The van der Waals surface area contributed by atoms with Gasteiger partial charge >= 0.3 is 0 Å². The van der Waals surface area contributed by atoms with Crippen LogP contribution in [0.3, 0.4) is 0 Å². The first kappa shape index (κ1) is 27.5. The van der Waals surface area contributed by atoms with Crippen LogP contribution in [0.2, 0.25) is 0 Å². The van der Waals surface area contributed by atoms with E-state index in [-0.39, 0.29) is 5.41 Å². The van der Waals surface area contributed by atoms with Crippen LogP contribution in [0, 0.1) is 0 Å². The van der Waals surface area contributed by atoms with Crippen molar-refractivity contribution in [2.75, 3.05) is 0 Å². The van der Waals surface area contributed by atoms with E-state index in [0.29, 0.717) is 0 Å². The standard InChI is InChI=1S/C46H30OS/c1-46(34-13-3-2-4-14-34)39-19-8-7-16-38(39)43-40(46)25-26-42-45(43)48-44-37(18-10-20-41(44)47-42)33-24-22-30-27-32(23-21-31(30)28-33)36-17-9-12-29-11-5-6-15-35(29)36/h2-28H,1H3. The van der Waals surface area contributed by atoms with E-state index in [1.54, 1.807) is 0 Å². The third-order valence-corrected chi connectivity index (χ3v) is 11.6. The van der Waals surface area contributed by atoms with Crippen LogP contribution in [-0.2, 0) is 5.41 Å². The van der Waals surface area contributed by atoms with Gasteiger partial charge in [0.2, 0.25) is 0 Å². The van der Waals surface area contributed by atoms with E-state index in [0.717, 1.165) is 16.4 Å². The van der Waals surface area contributed by atoms with Crippen LogP contribution in [0.25, 0.3) is 54.9 Å². The molecule has 1 aliphatic carbocycles. The fourth-order valence-electron chi connectivity index (χ4n) is 8.00. The Morgan fingerprint density at radius 3 is 1.96 bits per heavy atom. The highest BCUT2D eigenvalue weighted by molar-refractivity contribution is 8.00. The van der Waals surface area contributed by atoms with Crippen LogP contribution in [0.5, 0.6) is 11.5 Å². The highest BCUT2D eigenvalue weighted by Crippen LogP contribution is 2.61. The topological polar surface area (TPSA) is 9.23 Å². The van der Waals surface area contributed by atoms with Gasteiger partial charge in [0.25, 0.3) is 0 Å². The molecule has 0 amide bonds. The van der Waals surface area contributed by atoms with Crippen molar-refractivity contribution in [3.8, 4) is 44.9 Å². The molecule has 1 nitrogen and oxygen atoms in total. The van der Waals surface area contributed by atoms with Crippen LogP contribution in [0.15, 0.2) is 174 Å². The van der Waals surface area contributed by atoms with E-state index < -0.39 is 0 Å². The average molecular weight is 631 g/mol. The summed E-state index contributed by atoms with van der Waals surface area (Å²) in [4.78, 5) is 2.36. The van der Waals surface area contributed by atoms with Crippen molar-refractivity contribution in [1.82, 2.24) is 0 Å². The number of ether oxygens (including phenoxy) is 1. The summed E-state index contributed by atoms with van der Waals surface area (Å²) >= 11 is 1.85. The highest BCUT2D eigenvalue weighted by atomic mass is 32.2. The van der Waals surface area contributed by atoms with Gasteiger partial charge in [-0.1, -0.05) is 151 Å². The summed E-state index contributed by atoms with van der Waals surface area (Å²) in [5.41, 5.74) is 11.2. The number of benzene rings is 8. The van der Waals surface area contributed by atoms with Crippen LogP contribution in [0.4, 0.5) is 0 Å². The zero-order valence-electron chi connectivity index (χ0n) is 26.4. The monoisotopic (exact) mass is 630 g/mol. The number of rotatable bonds is 3. The predicted octanol–water partition coefficient (Wildman–Crippen LogP) is 12.9. The van der Waals surface area contributed by atoms with E-state index >= 15 is 0 Å². The lowest BCUT2D eigenvalue weighted by Crippen LogP contribution is -2.22. The first-order valence-corrected chi connectivity index (χ1v) is 17.3. The maximum Gasteiger partial charge on any atom is 0.142 e. The van der Waals surface area contributed by atoms with Gasteiger partial charge in [-0.2, -0.15) is 0 Å². The van der Waals surface area contributed by atoms with E-state index in [1.165, 1.54) is 76.5 Å². The second-order valence-corrected chi connectivity index (χ2v) is 14.0. The minimum Gasteiger partial charge on any atom is -0.455 e. The SMILES string of the molecule is CC1(c2ccccc2)c2ccccc2-c2c1ccc1c2Sc2c(cccc2-c2ccc3cc(-c4cccc5ccccc45)ccc3c2)O1. The Balaban J connectivity index is 1.08. The molecule has 0 saturated carbocycles. The summed E-state index contributed by atoms with van der Waals surface area (Å²) in [6, 6.07) is 59.6. The summed E-state index contributed by atoms with van der Waals surface area (Å²) in [7, 11) is 0. The highest BCUT2D eigenvalue weighted by Gasteiger charge is 2.43. The molecule has 0 aromatic heterocycles. The van der Waals surface area contributed by atoms with Crippen molar-refractivity contribution in [1.29, 1.82) is 0 Å². The van der Waals surface area contributed by atoms with Crippen molar-refractivity contribution in [2.45, 2.75) is 22.1 Å². The fraction of sp³-hybridized carbons (Fsp3) is 0.0435. The van der Waals surface area contributed by atoms with Gasteiger partial charge in [0.15, 0.2) is 0 Å². The van der Waals surface area contributed by atoms with Crippen molar-refractivity contribution in [3.05, 3.63) is 180 Å². The third-order valence-electron chi connectivity index (χ3n) is 10.4. The van der Waals surface area contributed by atoms with Crippen LogP contribution >= 0.6 is 11.8 Å². The first-order valence-electron chi connectivity index (χ1n) is 16.5. The molecule has 0 spiro atoms. The molecule has 226 valence electrons. The van der Waals surface area contributed by atoms with Gasteiger partial charge in [-0.05, 0) is 97.2 Å². The quantitative estimate of drug-likeness (QED) is 0.192. The minimum atomic E-state index is -0.244. The van der Waals surface area contributed by atoms with Crippen LogP contribution in [0.1, 0.15) is 23.6 Å². The van der Waals surface area contributed by atoms with Gasteiger partial charge in [0.05, 0.1) is 9.79 Å². The van der Waals surface area contributed by atoms with Gasteiger partial charge in [0, 0.05) is 11.0 Å². The molecule has 0 N–H and O–H groups in total. The number of fused-ring (bicyclic) bond motifs is 8. The number of hydrogen-bond donors (Lipinski definition) is 0. The van der Waals surface area contributed by atoms with Crippen molar-refractivity contribution in [3.63, 3.8) is 0 Å². The molecule has 48 heavy (non-hydrogen) atoms. The lowest BCUT2D eigenvalue weighted by atomic mass is 9.74. The molecule has 1 unspecified atom stereocenters. The molecule has 1 atom stereocenters. The zero-order chi connectivity index (χ0) is 31.8. The second kappa shape index (κ2) is 10.5. The zero-order valence-corrected chi connectivity index (χ0v) is 27.2. The van der Waals surface area contributed by atoms with Gasteiger partial charge < -0.3 is 4.74 Å². The predicted molar refractivity (Wildman–Crippen MR) is 200 cm³/mol. The maximum absolute atomic E-state index is 6.72. The molecular formula is C46H30OS. The average Bonchev–Trinajstić information content (AvgIpc) is 3.42. The Kier molecular flexibility index (Phi) is 6.01. The summed E-state index contributed by atoms with van der Waals surface area (Å²) in [5.74, 6) is 1.84. The normalized spacial score (nSPS) is 15.8. The Morgan fingerprint density at radius 2 is 1.10 bits per heavy atom. The van der Waals surface area contributed by atoms with Gasteiger partial charge in [0.1, 0.15) is 11.5 Å². The Bertz CT molecular complexity index is 2580. The van der Waals surface area contributed by atoms with Crippen molar-refractivity contribution >= 4 is 33.3 Å². The first-order chi connectivity index (χ1) is 23.7. The molecule has 2 heteroatoms. The molecule has 8 aromatic carbocycles. The second-order valence-electron chi connectivity index (χ2n) is 13.0.